The molecule has 30 heavy (non-hydrogen) atoms. The Labute approximate surface area is 173 Å². The first kappa shape index (κ1) is 20.2. The van der Waals surface area contributed by atoms with Gasteiger partial charge in [0.15, 0.2) is 15.4 Å². The van der Waals surface area contributed by atoms with Crippen LogP contribution in [0.5, 0.6) is 0 Å². The third-order valence-corrected chi connectivity index (χ3v) is 6.91. The third-order valence-electron chi connectivity index (χ3n) is 5.18. The Balaban J connectivity index is 1.80. The third kappa shape index (κ3) is 3.47. The van der Waals surface area contributed by atoms with Crippen molar-refractivity contribution in [3.8, 4) is 11.5 Å². The number of oxazole rings is 1. The topological polar surface area (TPSA) is 93.6 Å². The maximum Gasteiger partial charge on any atom is 0.349 e. The highest BCUT2D eigenvalue weighted by atomic mass is 32.2. The first-order valence-corrected chi connectivity index (χ1v) is 11.5. The van der Waals surface area contributed by atoms with Crippen molar-refractivity contribution >= 4 is 37.6 Å². The summed E-state index contributed by atoms with van der Waals surface area (Å²) in [6.07, 6.45) is 0. The SMILES string of the molecule is CCN(CC)c1ccc2cc(-c3nc4cc(S(=O)(=O)CC)ccc4o3)c(=O)oc2c1. The zero-order valence-corrected chi connectivity index (χ0v) is 17.8. The summed E-state index contributed by atoms with van der Waals surface area (Å²) in [5.41, 5.74) is 1.86. The van der Waals surface area contributed by atoms with Crippen LogP contribution in [0.25, 0.3) is 33.5 Å². The summed E-state index contributed by atoms with van der Waals surface area (Å²) in [7, 11) is -3.36. The molecule has 4 aromatic rings. The lowest BCUT2D eigenvalue weighted by Crippen LogP contribution is -2.21. The lowest BCUT2D eigenvalue weighted by atomic mass is 10.1. The van der Waals surface area contributed by atoms with E-state index in [0.29, 0.717) is 16.7 Å². The van der Waals surface area contributed by atoms with Gasteiger partial charge in [-0.05, 0) is 50.2 Å². The summed E-state index contributed by atoms with van der Waals surface area (Å²) in [5.74, 6) is 0.0898. The molecule has 0 spiro atoms. The molecule has 0 aliphatic carbocycles. The number of hydrogen-bond acceptors (Lipinski definition) is 7. The second kappa shape index (κ2) is 7.60. The van der Waals surface area contributed by atoms with E-state index in [4.69, 9.17) is 8.83 Å². The van der Waals surface area contributed by atoms with Crippen molar-refractivity contribution in [1.29, 1.82) is 0 Å². The summed E-state index contributed by atoms with van der Waals surface area (Å²) in [6, 6.07) is 11.9. The van der Waals surface area contributed by atoms with Crippen LogP contribution >= 0.6 is 0 Å². The minimum atomic E-state index is -3.36. The van der Waals surface area contributed by atoms with E-state index in [9.17, 15) is 13.2 Å². The van der Waals surface area contributed by atoms with Crippen molar-refractivity contribution < 1.29 is 17.3 Å². The van der Waals surface area contributed by atoms with Crippen molar-refractivity contribution in [1.82, 2.24) is 4.98 Å². The van der Waals surface area contributed by atoms with Crippen LogP contribution in [0.2, 0.25) is 0 Å². The summed E-state index contributed by atoms with van der Waals surface area (Å²) >= 11 is 0. The number of hydrogen-bond donors (Lipinski definition) is 0. The number of sulfone groups is 1. The van der Waals surface area contributed by atoms with E-state index < -0.39 is 15.5 Å². The van der Waals surface area contributed by atoms with Crippen molar-refractivity contribution in [3.63, 3.8) is 0 Å². The van der Waals surface area contributed by atoms with Crippen LogP contribution in [0.1, 0.15) is 20.8 Å². The Morgan fingerprint density at radius 1 is 0.933 bits per heavy atom. The fraction of sp³-hybridized carbons (Fsp3) is 0.273. The largest absolute Gasteiger partial charge is 0.436 e. The smallest absolute Gasteiger partial charge is 0.349 e. The van der Waals surface area contributed by atoms with Gasteiger partial charge in [-0.1, -0.05) is 6.92 Å². The van der Waals surface area contributed by atoms with Gasteiger partial charge < -0.3 is 13.7 Å². The second-order valence-electron chi connectivity index (χ2n) is 6.89. The Hall–Kier alpha value is -3.13. The van der Waals surface area contributed by atoms with Crippen LogP contribution in [0, 0.1) is 0 Å². The lowest BCUT2D eigenvalue weighted by Gasteiger charge is -2.20. The van der Waals surface area contributed by atoms with Gasteiger partial charge in [-0.15, -0.1) is 0 Å². The summed E-state index contributed by atoms with van der Waals surface area (Å²) in [6.45, 7) is 7.42. The zero-order chi connectivity index (χ0) is 21.5. The number of aromatic nitrogens is 1. The number of anilines is 1. The summed E-state index contributed by atoms with van der Waals surface area (Å²) in [5, 5.41) is 0.747. The molecule has 0 unspecified atom stereocenters. The molecule has 0 saturated heterocycles. The predicted molar refractivity (Wildman–Crippen MR) is 117 cm³/mol. The molecule has 0 fully saturated rings. The van der Waals surface area contributed by atoms with Crippen molar-refractivity contribution in [2.75, 3.05) is 23.7 Å². The monoisotopic (exact) mass is 426 g/mol. The van der Waals surface area contributed by atoms with E-state index >= 15 is 0 Å². The van der Waals surface area contributed by atoms with E-state index in [1.807, 2.05) is 18.2 Å². The average molecular weight is 426 g/mol. The average Bonchev–Trinajstić information content (AvgIpc) is 3.17. The molecule has 0 radical (unpaired) electrons. The van der Waals surface area contributed by atoms with E-state index in [2.05, 4.69) is 23.7 Å². The zero-order valence-electron chi connectivity index (χ0n) is 17.0. The van der Waals surface area contributed by atoms with Gasteiger partial charge in [0.25, 0.3) is 0 Å². The molecule has 0 saturated carbocycles. The van der Waals surface area contributed by atoms with Crippen LogP contribution in [0.4, 0.5) is 5.69 Å². The van der Waals surface area contributed by atoms with Gasteiger partial charge in [0.2, 0.25) is 5.89 Å². The number of nitrogens with zero attached hydrogens (tertiary/aromatic N) is 2. The Morgan fingerprint density at radius 3 is 2.40 bits per heavy atom. The molecule has 156 valence electrons. The molecule has 0 atom stereocenters. The van der Waals surface area contributed by atoms with Crippen molar-refractivity contribution in [2.45, 2.75) is 25.7 Å². The van der Waals surface area contributed by atoms with E-state index in [0.717, 1.165) is 24.2 Å². The molecular weight excluding hydrogens is 404 g/mol. The normalized spacial score (nSPS) is 12.0. The number of benzene rings is 2. The molecule has 7 nitrogen and oxygen atoms in total. The van der Waals surface area contributed by atoms with Crippen molar-refractivity contribution in [2.24, 2.45) is 0 Å². The molecule has 0 amide bonds. The summed E-state index contributed by atoms with van der Waals surface area (Å²) in [4.78, 5) is 19.3. The van der Waals surface area contributed by atoms with Gasteiger partial charge in [0.1, 0.15) is 16.7 Å². The van der Waals surface area contributed by atoms with Crippen LogP contribution in [0.3, 0.4) is 0 Å². The van der Waals surface area contributed by atoms with Gasteiger partial charge in [0, 0.05) is 30.2 Å². The Morgan fingerprint density at radius 2 is 1.70 bits per heavy atom. The van der Waals surface area contributed by atoms with Crippen LogP contribution < -0.4 is 10.5 Å². The van der Waals surface area contributed by atoms with Gasteiger partial charge in [0.05, 0.1) is 10.6 Å². The van der Waals surface area contributed by atoms with Gasteiger partial charge in [-0.2, -0.15) is 0 Å². The van der Waals surface area contributed by atoms with E-state index in [1.54, 1.807) is 19.1 Å². The fourth-order valence-electron chi connectivity index (χ4n) is 3.42. The minimum Gasteiger partial charge on any atom is -0.436 e. The van der Waals surface area contributed by atoms with E-state index in [1.165, 1.54) is 12.1 Å². The first-order chi connectivity index (χ1) is 14.4. The highest BCUT2D eigenvalue weighted by Crippen LogP contribution is 2.28. The van der Waals surface area contributed by atoms with Gasteiger partial charge in [-0.3, -0.25) is 0 Å². The molecular formula is C22H22N2O5S. The second-order valence-corrected chi connectivity index (χ2v) is 9.17. The molecule has 0 N–H and O–H groups in total. The maximum atomic E-state index is 12.6. The molecule has 0 bridgehead atoms. The first-order valence-electron chi connectivity index (χ1n) is 9.82. The standard InChI is InChI=1S/C22H22N2O5S/c1-4-24(5-2)15-8-7-14-11-17(22(25)29-20(14)12-15)21-23-18-13-16(30(26,27)6-3)9-10-19(18)28-21/h7-13H,4-6H2,1-3H3. The molecule has 4 rings (SSSR count). The van der Waals surface area contributed by atoms with E-state index in [-0.39, 0.29) is 22.1 Å². The molecule has 0 aliphatic rings. The lowest BCUT2D eigenvalue weighted by molar-refractivity contribution is 0.553. The van der Waals surface area contributed by atoms with Crippen LogP contribution in [-0.2, 0) is 9.84 Å². The predicted octanol–water partition coefficient (Wildman–Crippen LogP) is 4.24. The van der Waals surface area contributed by atoms with Crippen LogP contribution in [0.15, 0.2) is 61.0 Å². The Bertz CT molecular complexity index is 1400. The van der Waals surface area contributed by atoms with Crippen LogP contribution in [-0.4, -0.2) is 32.2 Å². The highest BCUT2D eigenvalue weighted by Gasteiger charge is 2.18. The summed E-state index contributed by atoms with van der Waals surface area (Å²) < 4.78 is 35.5. The quantitative estimate of drug-likeness (QED) is 0.426. The molecule has 8 heteroatoms. The molecule has 2 aromatic carbocycles. The number of rotatable bonds is 6. The molecule has 2 aromatic heterocycles. The Kier molecular flexibility index (Phi) is 5.11. The fourth-order valence-corrected chi connectivity index (χ4v) is 4.32. The molecule has 0 aliphatic heterocycles. The maximum absolute atomic E-state index is 12.6. The van der Waals surface area contributed by atoms with Gasteiger partial charge in [-0.25, -0.2) is 18.2 Å². The minimum absolute atomic E-state index is 0.00699. The number of fused-ring (bicyclic) bond motifs is 2. The highest BCUT2D eigenvalue weighted by molar-refractivity contribution is 7.91. The van der Waals surface area contributed by atoms with Crippen molar-refractivity contribution in [3.05, 3.63) is 52.9 Å². The van der Waals surface area contributed by atoms with Gasteiger partial charge >= 0.3 is 5.63 Å². The molecule has 2 heterocycles.